The van der Waals surface area contributed by atoms with Gasteiger partial charge in [0.25, 0.3) is 0 Å². The maximum atomic E-state index is 13.2. The minimum Gasteiger partial charge on any atom is -0.352 e. The van der Waals surface area contributed by atoms with Crippen molar-refractivity contribution in [3.63, 3.8) is 0 Å². The van der Waals surface area contributed by atoms with E-state index in [4.69, 9.17) is 0 Å². The van der Waals surface area contributed by atoms with Gasteiger partial charge in [0, 0.05) is 36.1 Å². The van der Waals surface area contributed by atoms with Crippen LogP contribution < -0.4 is 15.5 Å². The van der Waals surface area contributed by atoms with Crippen LogP contribution in [0, 0.1) is 0 Å². The van der Waals surface area contributed by atoms with Crippen LogP contribution in [-0.2, 0) is 20.6 Å². The van der Waals surface area contributed by atoms with Crippen molar-refractivity contribution in [3.8, 4) is 0 Å². The highest BCUT2D eigenvalue weighted by molar-refractivity contribution is 7.13. The molecule has 0 spiro atoms. The van der Waals surface area contributed by atoms with E-state index in [9.17, 15) is 27.6 Å². The van der Waals surface area contributed by atoms with Crippen molar-refractivity contribution >= 4 is 39.9 Å². The zero-order chi connectivity index (χ0) is 23.8. The lowest BCUT2D eigenvalue weighted by molar-refractivity contribution is -0.137. The Morgan fingerprint density at radius 3 is 2.52 bits per heavy atom. The Hall–Kier alpha value is -2.95. The third-order valence-corrected chi connectivity index (χ3v) is 5.99. The van der Waals surface area contributed by atoms with Crippen molar-refractivity contribution < 1.29 is 27.6 Å². The number of nitrogens with one attached hydrogen (secondary N) is 2. The molecule has 2 N–H and O–H groups in total. The van der Waals surface area contributed by atoms with E-state index in [-0.39, 0.29) is 24.6 Å². The molecule has 1 aromatic heterocycles. The number of nitrogens with zero attached hydrogens (tertiary/aromatic N) is 2. The average molecular weight is 483 g/mol. The van der Waals surface area contributed by atoms with Crippen molar-refractivity contribution in [2.75, 3.05) is 16.8 Å². The fourth-order valence-corrected chi connectivity index (χ4v) is 4.20. The van der Waals surface area contributed by atoms with Crippen LogP contribution in [0.2, 0.25) is 0 Å². The van der Waals surface area contributed by atoms with Crippen molar-refractivity contribution in [1.82, 2.24) is 10.3 Å². The number of carbonyl (C=O) groups excluding carboxylic acids is 3. The number of hydrogen-bond acceptors (Lipinski definition) is 5. The highest BCUT2D eigenvalue weighted by atomic mass is 32.1. The van der Waals surface area contributed by atoms with Crippen LogP contribution in [0.25, 0.3) is 0 Å². The molecule has 1 fully saturated rings. The quantitative estimate of drug-likeness (QED) is 0.585. The van der Waals surface area contributed by atoms with Crippen LogP contribution in [0.3, 0.4) is 0 Å². The fourth-order valence-electron chi connectivity index (χ4n) is 3.66. The van der Waals surface area contributed by atoms with E-state index in [1.807, 2.05) is 0 Å². The van der Waals surface area contributed by atoms with Gasteiger partial charge in [0.15, 0.2) is 5.13 Å². The van der Waals surface area contributed by atoms with E-state index in [2.05, 4.69) is 15.6 Å². The molecule has 178 valence electrons. The molecule has 3 amide bonds. The van der Waals surface area contributed by atoms with Gasteiger partial charge in [0.1, 0.15) is 6.54 Å². The number of thiazole rings is 1. The lowest BCUT2D eigenvalue weighted by Gasteiger charge is -2.26. The first-order valence-corrected chi connectivity index (χ1v) is 11.6. The SMILES string of the molecule is O=C(CCC(=O)N(CC(=O)NC1CCCCC1)c1cccc(C(F)(F)F)c1)Nc1nccs1. The smallest absolute Gasteiger partial charge is 0.352 e. The first kappa shape index (κ1) is 24.7. The van der Waals surface area contributed by atoms with Crippen LogP contribution >= 0.6 is 11.3 Å². The van der Waals surface area contributed by atoms with Gasteiger partial charge < -0.3 is 15.5 Å². The Labute approximate surface area is 193 Å². The van der Waals surface area contributed by atoms with Gasteiger partial charge >= 0.3 is 6.18 Å². The number of aromatic nitrogens is 1. The standard InChI is InChI=1S/C22H25F3N4O3S/c23-22(24,25)15-5-4-8-17(13-15)29(14-19(31)27-16-6-2-1-3-7-16)20(32)10-9-18(30)28-21-26-11-12-33-21/h4-5,8,11-13,16H,1-3,6-7,9-10,14H2,(H,27,31)(H,26,28,30). The third-order valence-electron chi connectivity index (χ3n) is 5.30. The molecule has 0 radical (unpaired) electrons. The summed E-state index contributed by atoms with van der Waals surface area (Å²) in [5.41, 5.74) is -0.971. The van der Waals surface area contributed by atoms with Gasteiger partial charge in [0.05, 0.1) is 5.56 Å². The summed E-state index contributed by atoms with van der Waals surface area (Å²) < 4.78 is 39.6. The normalized spacial score (nSPS) is 14.5. The molecule has 0 aliphatic heterocycles. The summed E-state index contributed by atoms with van der Waals surface area (Å²) in [5, 5.41) is 7.49. The highest BCUT2D eigenvalue weighted by Crippen LogP contribution is 2.32. The number of rotatable bonds is 8. The van der Waals surface area contributed by atoms with Crippen LogP contribution in [0.1, 0.15) is 50.5 Å². The number of alkyl halides is 3. The van der Waals surface area contributed by atoms with E-state index in [1.54, 1.807) is 5.38 Å². The predicted octanol–water partition coefficient (Wildman–Crippen LogP) is 4.36. The van der Waals surface area contributed by atoms with Gasteiger partial charge in [-0.05, 0) is 31.0 Å². The summed E-state index contributed by atoms with van der Waals surface area (Å²) in [5.74, 6) is -1.52. The van der Waals surface area contributed by atoms with Gasteiger partial charge in [0.2, 0.25) is 17.7 Å². The lowest BCUT2D eigenvalue weighted by Crippen LogP contribution is -2.45. The summed E-state index contributed by atoms with van der Waals surface area (Å²) in [7, 11) is 0. The Kier molecular flexibility index (Phi) is 8.43. The molecule has 7 nitrogen and oxygen atoms in total. The molecule has 1 heterocycles. The van der Waals surface area contributed by atoms with Crippen LogP contribution in [0.4, 0.5) is 24.0 Å². The Bertz CT molecular complexity index is 960. The summed E-state index contributed by atoms with van der Waals surface area (Å²) >= 11 is 1.22. The molecule has 11 heteroatoms. The summed E-state index contributed by atoms with van der Waals surface area (Å²) in [6, 6.07) is 4.26. The molecule has 0 saturated heterocycles. The number of anilines is 2. The van der Waals surface area contributed by atoms with Crippen LogP contribution in [-0.4, -0.2) is 35.3 Å². The molecule has 1 saturated carbocycles. The molecule has 0 unspecified atom stereocenters. The first-order chi connectivity index (χ1) is 15.7. The van der Waals surface area contributed by atoms with Crippen LogP contribution in [0.15, 0.2) is 35.8 Å². The van der Waals surface area contributed by atoms with Crippen molar-refractivity contribution in [2.45, 2.75) is 57.2 Å². The molecular formula is C22H25F3N4O3S. The van der Waals surface area contributed by atoms with E-state index < -0.39 is 36.0 Å². The highest BCUT2D eigenvalue weighted by Gasteiger charge is 2.32. The average Bonchev–Trinajstić information content (AvgIpc) is 3.29. The maximum Gasteiger partial charge on any atom is 0.416 e. The van der Waals surface area contributed by atoms with Crippen LogP contribution in [0.5, 0.6) is 0 Å². The molecule has 33 heavy (non-hydrogen) atoms. The van der Waals surface area contributed by atoms with Gasteiger partial charge in [-0.1, -0.05) is 25.3 Å². The van der Waals surface area contributed by atoms with Gasteiger partial charge in [-0.15, -0.1) is 11.3 Å². The predicted molar refractivity (Wildman–Crippen MR) is 119 cm³/mol. The minimum absolute atomic E-state index is 0.00575. The second-order valence-electron chi connectivity index (χ2n) is 7.82. The second kappa shape index (κ2) is 11.3. The Balaban J connectivity index is 1.70. The number of benzene rings is 1. The van der Waals surface area contributed by atoms with Gasteiger partial charge in [-0.2, -0.15) is 13.2 Å². The van der Waals surface area contributed by atoms with Gasteiger partial charge in [-0.3, -0.25) is 14.4 Å². The summed E-state index contributed by atoms with van der Waals surface area (Å²) in [4.78, 5) is 42.6. The van der Waals surface area contributed by atoms with E-state index in [1.165, 1.54) is 29.7 Å². The number of carbonyl (C=O) groups is 3. The molecule has 1 aliphatic carbocycles. The number of halogens is 3. The second-order valence-corrected chi connectivity index (χ2v) is 8.71. The van der Waals surface area contributed by atoms with E-state index in [0.717, 1.165) is 49.1 Å². The van der Waals surface area contributed by atoms with E-state index in [0.29, 0.717) is 5.13 Å². The Morgan fingerprint density at radius 2 is 1.85 bits per heavy atom. The maximum absolute atomic E-state index is 13.2. The third kappa shape index (κ3) is 7.55. The minimum atomic E-state index is -4.59. The molecule has 1 aromatic carbocycles. The monoisotopic (exact) mass is 482 g/mol. The summed E-state index contributed by atoms with van der Waals surface area (Å²) in [6.07, 6.45) is 1.21. The number of amides is 3. The Morgan fingerprint density at radius 1 is 1.09 bits per heavy atom. The fraction of sp³-hybridized carbons (Fsp3) is 0.455. The molecule has 2 aromatic rings. The first-order valence-electron chi connectivity index (χ1n) is 10.7. The summed E-state index contributed by atoms with van der Waals surface area (Å²) in [6.45, 7) is -0.426. The molecule has 0 atom stereocenters. The molecule has 3 rings (SSSR count). The zero-order valence-corrected chi connectivity index (χ0v) is 18.7. The van der Waals surface area contributed by atoms with E-state index >= 15 is 0 Å². The molecular weight excluding hydrogens is 457 g/mol. The van der Waals surface area contributed by atoms with Crippen molar-refractivity contribution in [3.05, 3.63) is 41.4 Å². The van der Waals surface area contributed by atoms with Crippen molar-refractivity contribution in [1.29, 1.82) is 0 Å². The van der Waals surface area contributed by atoms with Crippen molar-refractivity contribution in [2.24, 2.45) is 0 Å². The topological polar surface area (TPSA) is 91.4 Å². The lowest BCUT2D eigenvalue weighted by atomic mass is 9.95. The molecule has 0 bridgehead atoms. The molecule has 1 aliphatic rings. The zero-order valence-electron chi connectivity index (χ0n) is 17.9. The largest absolute Gasteiger partial charge is 0.416 e. The van der Waals surface area contributed by atoms with Gasteiger partial charge in [-0.25, -0.2) is 4.98 Å². The number of hydrogen-bond donors (Lipinski definition) is 2.